The third kappa shape index (κ3) is 4.11. The highest BCUT2D eigenvalue weighted by Crippen LogP contribution is 2.24. The van der Waals surface area contributed by atoms with Crippen LogP contribution >= 0.6 is 11.6 Å². The first-order valence-electron chi connectivity index (χ1n) is 8.32. The molecule has 3 nitrogen and oxygen atoms in total. The van der Waals surface area contributed by atoms with Gasteiger partial charge in [0, 0.05) is 28.8 Å². The first-order valence-corrected chi connectivity index (χ1v) is 8.69. The van der Waals surface area contributed by atoms with Gasteiger partial charge in [-0.3, -0.25) is 4.98 Å². The van der Waals surface area contributed by atoms with E-state index < -0.39 is 0 Å². The summed E-state index contributed by atoms with van der Waals surface area (Å²) < 4.78 is 0. The summed E-state index contributed by atoms with van der Waals surface area (Å²) in [5, 5.41) is 8.86. The Morgan fingerprint density at radius 3 is 2.91 bits per heavy atom. The number of piperidine rings is 1. The van der Waals surface area contributed by atoms with Crippen LogP contribution in [-0.4, -0.2) is 24.6 Å². The zero-order chi connectivity index (χ0) is 15.2. The Balaban J connectivity index is 1.47. The smallest absolute Gasteiger partial charge is 0.0737 e. The van der Waals surface area contributed by atoms with Gasteiger partial charge in [-0.1, -0.05) is 24.4 Å². The molecule has 118 valence electrons. The number of unbranched alkanes of at least 4 members (excludes halogenated alkanes) is 1. The third-order valence-electron chi connectivity index (χ3n) is 4.52. The summed E-state index contributed by atoms with van der Waals surface area (Å²) >= 11 is 6.03. The lowest BCUT2D eigenvalue weighted by Crippen LogP contribution is -2.27. The number of nitrogens with zero attached hydrogens (tertiary/aromatic N) is 1. The van der Waals surface area contributed by atoms with Crippen LogP contribution in [0.25, 0.3) is 10.9 Å². The van der Waals surface area contributed by atoms with E-state index >= 15 is 0 Å². The highest BCUT2D eigenvalue weighted by molar-refractivity contribution is 6.31. The van der Waals surface area contributed by atoms with E-state index in [2.05, 4.69) is 15.6 Å². The van der Waals surface area contributed by atoms with Gasteiger partial charge in [-0.15, -0.1) is 0 Å². The Labute approximate surface area is 137 Å². The second-order valence-corrected chi connectivity index (χ2v) is 6.57. The van der Waals surface area contributed by atoms with Crippen LogP contribution in [0.4, 0.5) is 5.69 Å². The summed E-state index contributed by atoms with van der Waals surface area (Å²) in [7, 11) is 0. The fraction of sp³-hybridized carbons (Fsp3) is 0.500. The lowest BCUT2D eigenvalue weighted by Gasteiger charge is -2.22. The minimum atomic E-state index is 0.735. The molecular formula is C18H24ClN3. The Hall–Kier alpha value is -1.32. The van der Waals surface area contributed by atoms with Gasteiger partial charge in [0.05, 0.1) is 5.52 Å². The number of halogens is 1. The normalized spacial score (nSPS) is 16.0. The Bertz CT molecular complexity index is 608. The molecule has 0 bridgehead atoms. The molecule has 1 aliphatic heterocycles. The van der Waals surface area contributed by atoms with E-state index in [0.29, 0.717) is 0 Å². The van der Waals surface area contributed by atoms with Gasteiger partial charge in [-0.25, -0.2) is 0 Å². The second kappa shape index (κ2) is 7.80. The van der Waals surface area contributed by atoms with Crippen molar-refractivity contribution < 1.29 is 0 Å². The van der Waals surface area contributed by atoms with Crippen molar-refractivity contribution in [2.45, 2.75) is 32.1 Å². The number of benzene rings is 1. The van der Waals surface area contributed by atoms with E-state index in [0.717, 1.165) is 34.1 Å². The molecular weight excluding hydrogens is 294 g/mol. The lowest BCUT2D eigenvalue weighted by atomic mass is 9.92. The molecule has 0 saturated carbocycles. The van der Waals surface area contributed by atoms with Crippen LogP contribution < -0.4 is 10.6 Å². The first kappa shape index (κ1) is 15.6. The number of pyridine rings is 1. The molecule has 1 aromatic carbocycles. The molecule has 2 aromatic rings. The third-order valence-corrected chi connectivity index (χ3v) is 4.75. The van der Waals surface area contributed by atoms with Gasteiger partial charge < -0.3 is 10.6 Å². The molecule has 1 saturated heterocycles. The van der Waals surface area contributed by atoms with E-state index in [1.165, 1.54) is 45.2 Å². The maximum absolute atomic E-state index is 6.03. The van der Waals surface area contributed by atoms with Crippen LogP contribution in [0.2, 0.25) is 5.02 Å². The zero-order valence-electron chi connectivity index (χ0n) is 12.9. The summed E-state index contributed by atoms with van der Waals surface area (Å²) in [4.78, 5) is 4.38. The van der Waals surface area contributed by atoms with Crippen molar-refractivity contribution in [1.82, 2.24) is 10.3 Å². The topological polar surface area (TPSA) is 37.0 Å². The molecule has 0 amide bonds. The molecule has 3 rings (SSSR count). The predicted octanol–water partition coefficient (Wildman–Crippen LogP) is 4.47. The molecule has 1 fully saturated rings. The van der Waals surface area contributed by atoms with Gasteiger partial charge in [-0.2, -0.15) is 0 Å². The van der Waals surface area contributed by atoms with Crippen molar-refractivity contribution in [2.24, 2.45) is 5.92 Å². The van der Waals surface area contributed by atoms with Gasteiger partial charge in [0.25, 0.3) is 0 Å². The molecule has 0 spiro atoms. The van der Waals surface area contributed by atoms with Crippen molar-refractivity contribution in [3.05, 3.63) is 35.5 Å². The highest BCUT2D eigenvalue weighted by Gasteiger charge is 2.11. The van der Waals surface area contributed by atoms with E-state index in [4.69, 9.17) is 11.6 Å². The van der Waals surface area contributed by atoms with Crippen molar-refractivity contribution in [2.75, 3.05) is 25.0 Å². The van der Waals surface area contributed by atoms with Crippen LogP contribution in [0, 0.1) is 5.92 Å². The molecule has 2 N–H and O–H groups in total. The average molecular weight is 318 g/mol. The maximum atomic E-state index is 6.03. The van der Waals surface area contributed by atoms with E-state index in [1.54, 1.807) is 0 Å². The molecule has 2 heterocycles. The summed E-state index contributed by atoms with van der Waals surface area (Å²) in [5.41, 5.74) is 2.11. The molecule has 0 atom stereocenters. The highest BCUT2D eigenvalue weighted by atomic mass is 35.5. The summed E-state index contributed by atoms with van der Waals surface area (Å²) in [6.07, 6.45) is 8.45. The standard InChI is InChI=1S/C18H24ClN3/c19-15-4-5-16-17(8-12-22-18(16)13-15)21-9-2-1-3-14-6-10-20-11-7-14/h4-5,8,12-14,20H,1-3,6-7,9-11H2,(H,21,22). The van der Waals surface area contributed by atoms with Gasteiger partial charge in [0.2, 0.25) is 0 Å². The van der Waals surface area contributed by atoms with Crippen molar-refractivity contribution in [1.29, 1.82) is 0 Å². The molecule has 4 heteroatoms. The summed E-state index contributed by atoms with van der Waals surface area (Å²) in [5.74, 6) is 0.935. The number of hydrogen-bond donors (Lipinski definition) is 2. The number of nitrogens with one attached hydrogen (secondary N) is 2. The lowest BCUT2D eigenvalue weighted by molar-refractivity contribution is 0.345. The quantitative estimate of drug-likeness (QED) is 0.772. The van der Waals surface area contributed by atoms with Crippen LogP contribution in [0.15, 0.2) is 30.5 Å². The van der Waals surface area contributed by atoms with Gasteiger partial charge in [0.15, 0.2) is 0 Å². The number of anilines is 1. The average Bonchev–Trinajstić information content (AvgIpc) is 2.55. The summed E-state index contributed by atoms with van der Waals surface area (Å²) in [6.45, 7) is 3.43. The fourth-order valence-electron chi connectivity index (χ4n) is 3.23. The second-order valence-electron chi connectivity index (χ2n) is 6.14. The molecule has 0 aliphatic carbocycles. The predicted molar refractivity (Wildman–Crippen MR) is 94.7 cm³/mol. The monoisotopic (exact) mass is 317 g/mol. The van der Waals surface area contributed by atoms with Crippen molar-refractivity contribution in [3.8, 4) is 0 Å². The first-order chi connectivity index (χ1) is 10.8. The van der Waals surface area contributed by atoms with E-state index in [9.17, 15) is 0 Å². The van der Waals surface area contributed by atoms with Crippen LogP contribution in [0.5, 0.6) is 0 Å². The molecule has 1 aliphatic rings. The molecule has 1 aromatic heterocycles. The summed E-state index contributed by atoms with van der Waals surface area (Å²) in [6, 6.07) is 7.93. The SMILES string of the molecule is Clc1ccc2c(NCCCCC3CCNCC3)ccnc2c1. The number of rotatable bonds is 6. The van der Waals surface area contributed by atoms with Crippen LogP contribution in [-0.2, 0) is 0 Å². The van der Waals surface area contributed by atoms with Crippen LogP contribution in [0.1, 0.15) is 32.1 Å². The minimum Gasteiger partial charge on any atom is -0.384 e. The fourth-order valence-corrected chi connectivity index (χ4v) is 3.39. The van der Waals surface area contributed by atoms with Gasteiger partial charge >= 0.3 is 0 Å². The Morgan fingerprint density at radius 2 is 2.05 bits per heavy atom. The van der Waals surface area contributed by atoms with Crippen molar-refractivity contribution >= 4 is 28.2 Å². The largest absolute Gasteiger partial charge is 0.384 e. The molecule has 22 heavy (non-hydrogen) atoms. The molecule has 0 unspecified atom stereocenters. The Morgan fingerprint density at radius 1 is 1.18 bits per heavy atom. The maximum Gasteiger partial charge on any atom is 0.0737 e. The van der Waals surface area contributed by atoms with Crippen LogP contribution in [0.3, 0.4) is 0 Å². The Kier molecular flexibility index (Phi) is 5.52. The number of fused-ring (bicyclic) bond motifs is 1. The van der Waals surface area contributed by atoms with E-state index in [-0.39, 0.29) is 0 Å². The zero-order valence-corrected chi connectivity index (χ0v) is 13.7. The number of hydrogen-bond acceptors (Lipinski definition) is 3. The molecule has 0 radical (unpaired) electrons. The van der Waals surface area contributed by atoms with Crippen molar-refractivity contribution in [3.63, 3.8) is 0 Å². The van der Waals surface area contributed by atoms with Gasteiger partial charge in [-0.05, 0) is 62.5 Å². The van der Waals surface area contributed by atoms with E-state index in [1.807, 2.05) is 30.5 Å². The minimum absolute atomic E-state index is 0.735. The number of aromatic nitrogens is 1. The van der Waals surface area contributed by atoms with Gasteiger partial charge in [0.1, 0.15) is 0 Å².